The molecule has 0 atom stereocenters. The first-order valence-electron chi connectivity index (χ1n) is 6.23. The average Bonchev–Trinajstić information content (AvgIpc) is 3.16. The predicted octanol–water partition coefficient (Wildman–Crippen LogP) is 5.49. The zero-order valence-corrected chi connectivity index (χ0v) is 13.4. The van der Waals surface area contributed by atoms with Crippen molar-refractivity contribution < 1.29 is 9.53 Å². The van der Waals surface area contributed by atoms with Gasteiger partial charge in [-0.15, -0.1) is 34.0 Å². The maximum Gasteiger partial charge on any atom is 0.160 e. The summed E-state index contributed by atoms with van der Waals surface area (Å²) in [5.41, 5.74) is 1.05. The van der Waals surface area contributed by atoms with Gasteiger partial charge in [-0.1, -0.05) is 0 Å². The van der Waals surface area contributed by atoms with Crippen LogP contribution >= 0.6 is 34.0 Å². The van der Waals surface area contributed by atoms with E-state index in [1.165, 1.54) is 11.3 Å². The Kier molecular flexibility index (Phi) is 3.02. The van der Waals surface area contributed by atoms with Crippen molar-refractivity contribution in [3.05, 3.63) is 38.8 Å². The summed E-state index contributed by atoms with van der Waals surface area (Å²) in [6.45, 7) is 2.01. The van der Waals surface area contributed by atoms with Crippen LogP contribution in [0.4, 0.5) is 0 Å². The molecule has 0 aliphatic rings. The average molecular weight is 331 g/mol. The largest absolute Gasteiger partial charge is 0.456 e. The smallest absolute Gasteiger partial charge is 0.160 e. The number of hydrogen-bond donors (Lipinski definition) is 0. The lowest BCUT2D eigenvalue weighted by Gasteiger charge is -2.05. The van der Waals surface area contributed by atoms with Crippen LogP contribution in [0.5, 0.6) is 11.5 Å². The summed E-state index contributed by atoms with van der Waals surface area (Å²) < 4.78 is 8.27. The number of benzene rings is 1. The van der Waals surface area contributed by atoms with Gasteiger partial charge in [-0.3, -0.25) is 4.79 Å². The van der Waals surface area contributed by atoms with E-state index >= 15 is 0 Å². The zero-order chi connectivity index (χ0) is 14.4. The van der Waals surface area contributed by atoms with E-state index in [0.717, 1.165) is 37.3 Å². The molecule has 0 aliphatic carbocycles. The quantitative estimate of drug-likeness (QED) is 0.466. The first-order chi connectivity index (χ1) is 10.2. The second-order valence-electron chi connectivity index (χ2n) is 4.52. The Hall–Kier alpha value is -1.76. The SMILES string of the molecule is Cc1nc2c(cc(Oc3csc(C=O)c3)c3ccsc32)s1. The minimum absolute atomic E-state index is 0.668. The lowest BCUT2D eigenvalue weighted by Crippen LogP contribution is -1.83. The van der Waals surface area contributed by atoms with Gasteiger partial charge in [0.1, 0.15) is 11.5 Å². The normalized spacial score (nSPS) is 11.3. The molecule has 6 heteroatoms. The molecule has 0 fully saturated rings. The Labute approximate surface area is 132 Å². The number of rotatable bonds is 3. The van der Waals surface area contributed by atoms with E-state index in [2.05, 4.69) is 16.4 Å². The molecule has 21 heavy (non-hydrogen) atoms. The summed E-state index contributed by atoms with van der Waals surface area (Å²) in [6.07, 6.45) is 0.841. The molecule has 3 aromatic heterocycles. The molecular weight excluding hydrogens is 322 g/mol. The van der Waals surface area contributed by atoms with Crippen molar-refractivity contribution >= 4 is 60.6 Å². The number of aromatic nitrogens is 1. The third kappa shape index (κ3) is 2.16. The van der Waals surface area contributed by atoms with Crippen molar-refractivity contribution in [2.45, 2.75) is 6.92 Å². The van der Waals surface area contributed by atoms with Crippen LogP contribution in [-0.2, 0) is 0 Å². The minimum Gasteiger partial charge on any atom is -0.456 e. The molecule has 0 amide bonds. The highest BCUT2D eigenvalue weighted by Gasteiger charge is 2.13. The Morgan fingerprint density at radius 2 is 2.19 bits per heavy atom. The van der Waals surface area contributed by atoms with E-state index in [4.69, 9.17) is 4.74 Å². The van der Waals surface area contributed by atoms with Crippen LogP contribution in [0, 0.1) is 6.92 Å². The Balaban J connectivity index is 1.89. The van der Waals surface area contributed by atoms with Gasteiger partial charge in [0, 0.05) is 22.9 Å². The van der Waals surface area contributed by atoms with Crippen molar-refractivity contribution in [2.75, 3.05) is 0 Å². The number of carbonyl (C=O) groups is 1. The van der Waals surface area contributed by atoms with E-state index in [9.17, 15) is 4.79 Å². The summed E-state index contributed by atoms with van der Waals surface area (Å²) in [4.78, 5) is 16.0. The van der Waals surface area contributed by atoms with Gasteiger partial charge in [0.2, 0.25) is 0 Å². The fraction of sp³-hybridized carbons (Fsp3) is 0.0667. The number of aryl methyl sites for hydroxylation is 1. The molecule has 0 radical (unpaired) electrons. The second-order valence-corrected chi connectivity index (χ2v) is 7.62. The third-order valence-corrected chi connectivity index (χ3v) is 5.78. The molecule has 0 saturated heterocycles. The van der Waals surface area contributed by atoms with E-state index < -0.39 is 0 Å². The molecule has 0 saturated carbocycles. The van der Waals surface area contributed by atoms with Crippen LogP contribution in [0.25, 0.3) is 20.3 Å². The highest BCUT2D eigenvalue weighted by molar-refractivity contribution is 7.21. The standard InChI is InChI=1S/C15H9NO2S3/c1-8-16-14-13(21-8)5-12(11-2-3-19-15(11)14)18-9-4-10(6-17)20-7-9/h2-7H,1H3. The van der Waals surface area contributed by atoms with Crippen molar-refractivity contribution in [1.29, 1.82) is 0 Å². The fourth-order valence-electron chi connectivity index (χ4n) is 2.25. The van der Waals surface area contributed by atoms with E-state index in [0.29, 0.717) is 10.6 Å². The monoisotopic (exact) mass is 331 g/mol. The number of thiazole rings is 1. The summed E-state index contributed by atoms with van der Waals surface area (Å²) in [7, 11) is 0. The molecule has 1 aromatic carbocycles. The molecule has 0 bridgehead atoms. The Bertz CT molecular complexity index is 964. The van der Waals surface area contributed by atoms with Crippen molar-refractivity contribution in [2.24, 2.45) is 0 Å². The van der Waals surface area contributed by atoms with Gasteiger partial charge in [0.05, 0.1) is 24.8 Å². The zero-order valence-electron chi connectivity index (χ0n) is 11.0. The molecule has 104 valence electrons. The molecule has 4 aromatic rings. The molecule has 0 N–H and O–H groups in total. The van der Waals surface area contributed by atoms with Gasteiger partial charge in [-0.25, -0.2) is 4.98 Å². The molecular formula is C15H9NO2S3. The maximum atomic E-state index is 10.8. The van der Waals surface area contributed by atoms with Crippen molar-refractivity contribution in [1.82, 2.24) is 4.98 Å². The molecule has 4 rings (SSSR count). The summed E-state index contributed by atoms with van der Waals surface area (Å²) in [6, 6.07) is 5.85. The Morgan fingerprint density at radius 3 is 3.00 bits per heavy atom. The number of aldehydes is 1. The second kappa shape index (κ2) is 4.91. The molecule has 0 spiro atoms. The van der Waals surface area contributed by atoms with Crippen LogP contribution in [0.3, 0.4) is 0 Å². The van der Waals surface area contributed by atoms with Crippen molar-refractivity contribution in [3.63, 3.8) is 0 Å². The van der Waals surface area contributed by atoms with Crippen LogP contribution in [-0.4, -0.2) is 11.3 Å². The predicted molar refractivity (Wildman–Crippen MR) is 89.5 cm³/mol. The van der Waals surface area contributed by atoms with Gasteiger partial charge in [0.25, 0.3) is 0 Å². The number of thiophene rings is 2. The van der Waals surface area contributed by atoms with Gasteiger partial charge in [-0.05, 0) is 18.4 Å². The lowest BCUT2D eigenvalue weighted by molar-refractivity contribution is 0.112. The number of fused-ring (bicyclic) bond motifs is 3. The number of hydrogen-bond acceptors (Lipinski definition) is 6. The van der Waals surface area contributed by atoms with Gasteiger partial charge >= 0.3 is 0 Å². The minimum atomic E-state index is 0.668. The summed E-state index contributed by atoms with van der Waals surface area (Å²) in [5.74, 6) is 1.52. The van der Waals surface area contributed by atoms with E-state index in [1.54, 1.807) is 28.7 Å². The van der Waals surface area contributed by atoms with Gasteiger partial charge in [-0.2, -0.15) is 0 Å². The van der Waals surface area contributed by atoms with Crippen molar-refractivity contribution in [3.8, 4) is 11.5 Å². The molecule has 3 heterocycles. The van der Waals surface area contributed by atoms with Gasteiger partial charge in [0.15, 0.2) is 6.29 Å². The molecule has 3 nitrogen and oxygen atoms in total. The molecule has 0 aliphatic heterocycles. The fourth-order valence-corrected chi connectivity index (χ4v) is 4.69. The van der Waals surface area contributed by atoms with Crippen LogP contribution in [0.2, 0.25) is 0 Å². The van der Waals surface area contributed by atoms with Crippen LogP contribution < -0.4 is 4.74 Å². The van der Waals surface area contributed by atoms with Crippen LogP contribution in [0.15, 0.2) is 29.0 Å². The number of ether oxygens (including phenoxy) is 1. The summed E-state index contributed by atoms with van der Waals surface area (Å²) in [5, 5.41) is 6.02. The van der Waals surface area contributed by atoms with E-state index in [1.807, 2.05) is 18.4 Å². The number of carbonyl (C=O) groups excluding carboxylic acids is 1. The highest BCUT2D eigenvalue weighted by atomic mass is 32.1. The van der Waals surface area contributed by atoms with E-state index in [-0.39, 0.29) is 0 Å². The summed E-state index contributed by atoms with van der Waals surface area (Å²) >= 11 is 4.73. The van der Waals surface area contributed by atoms with Crippen LogP contribution in [0.1, 0.15) is 14.7 Å². The van der Waals surface area contributed by atoms with Gasteiger partial charge < -0.3 is 4.74 Å². The third-order valence-electron chi connectivity index (χ3n) is 3.11. The topological polar surface area (TPSA) is 39.2 Å². The number of nitrogens with zero attached hydrogens (tertiary/aromatic N) is 1. The first kappa shape index (κ1) is 12.9. The highest BCUT2D eigenvalue weighted by Crippen LogP contribution is 2.40. The Morgan fingerprint density at radius 1 is 1.29 bits per heavy atom. The molecule has 0 unspecified atom stereocenters. The first-order valence-corrected chi connectivity index (χ1v) is 8.81. The lowest BCUT2D eigenvalue weighted by atomic mass is 10.2. The maximum absolute atomic E-state index is 10.8.